The van der Waals surface area contributed by atoms with Crippen LogP contribution in [0, 0.1) is 0 Å². The molecule has 0 aromatic heterocycles. The Morgan fingerprint density at radius 2 is 1.30 bits per heavy atom. The first-order chi connectivity index (χ1) is 14.7. The Morgan fingerprint density at radius 1 is 0.667 bits per heavy atom. The number of hydrogen-bond donors (Lipinski definition) is 3. The Labute approximate surface area is 177 Å². The first-order valence-electron chi connectivity index (χ1n) is 10.1. The standard InChI is InChI=1S/C26H25N3O/c27-23-13-7-12-21(15-23)14-22-18-24(16-19-8-3-1-4-9-19)28-26(30)29-25(22)17-20-10-5-2-6-11-20/h1-13,15,18H,14,16-17,27H2,(H2,28,29,30). The highest BCUT2D eigenvalue weighted by molar-refractivity contribution is 5.79. The molecule has 0 bridgehead atoms. The van der Waals surface area contributed by atoms with E-state index in [9.17, 15) is 4.79 Å². The zero-order valence-electron chi connectivity index (χ0n) is 16.8. The van der Waals surface area contributed by atoms with Crippen LogP contribution in [0.25, 0.3) is 0 Å². The van der Waals surface area contributed by atoms with Gasteiger partial charge < -0.3 is 16.4 Å². The average molecular weight is 396 g/mol. The van der Waals surface area contributed by atoms with Crippen molar-refractivity contribution in [2.45, 2.75) is 19.3 Å². The normalized spacial score (nSPS) is 13.9. The van der Waals surface area contributed by atoms with Gasteiger partial charge in [-0.1, -0.05) is 72.8 Å². The molecule has 0 atom stereocenters. The molecule has 1 aliphatic heterocycles. The lowest BCUT2D eigenvalue weighted by Crippen LogP contribution is -2.34. The molecule has 150 valence electrons. The molecule has 4 N–H and O–H groups in total. The Morgan fingerprint density at radius 3 is 1.97 bits per heavy atom. The number of allylic oxidation sites excluding steroid dienone is 4. The summed E-state index contributed by atoms with van der Waals surface area (Å²) in [6.45, 7) is 0. The number of carbonyl (C=O) groups excluding carboxylic acids is 1. The zero-order valence-corrected chi connectivity index (χ0v) is 16.8. The molecule has 4 heteroatoms. The van der Waals surface area contributed by atoms with Gasteiger partial charge in [0.2, 0.25) is 0 Å². The van der Waals surface area contributed by atoms with Crippen LogP contribution in [0.4, 0.5) is 10.5 Å². The third-order valence-electron chi connectivity index (χ3n) is 5.08. The van der Waals surface area contributed by atoms with E-state index in [1.807, 2.05) is 54.6 Å². The molecular formula is C26H25N3O. The highest BCUT2D eigenvalue weighted by Crippen LogP contribution is 2.21. The number of nitrogens with one attached hydrogen (secondary N) is 2. The van der Waals surface area contributed by atoms with E-state index < -0.39 is 0 Å². The summed E-state index contributed by atoms with van der Waals surface area (Å²) in [4.78, 5) is 12.6. The second kappa shape index (κ2) is 9.14. The van der Waals surface area contributed by atoms with Gasteiger partial charge in [0, 0.05) is 29.9 Å². The maximum absolute atomic E-state index is 12.6. The van der Waals surface area contributed by atoms with Gasteiger partial charge in [-0.2, -0.15) is 0 Å². The van der Waals surface area contributed by atoms with E-state index in [1.54, 1.807) is 0 Å². The van der Waals surface area contributed by atoms with Gasteiger partial charge in [-0.3, -0.25) is 0 Å². The average Bonchev–Trinajstić information content (AvgIpc) is 2.87. The van der Waals surface area contributed by atoms with Gasteiger partial charge in [-0.15, -0.1) is 0 Å². The number of nitrogen functional groups attached to an aromatic ring is 1. The minimum atomic E-state index is -0.203. The Kier molecular flexibility index (Phi) is 5.95. The van der Waals surface area contributed by atoms with Crippen LogP contribution < -0.4 is 16.4 Å². The van der Waals surface area contributed by atoms with E-state index in [1.165, 1.54) is 0 Å². The monoisotopic (exact) mass is 395 g/mol. The Hall–Kier alpha value is -3.79. The number of amides is 2. The number of anilines is 1. The van der Waals surface area contributed by atoms with Crippen LogP contribution in [-0.2, 0) is 19.3 Å². The highest BCUT2D eigenvalue weighted by Gasteiger charge is 2.17. The van der Waals surface area contributed by atoms with Crippen LogP contribution in [0.2, 0.25) is 0 Å². The van der Waals surface area contributed by atoms with Crippen LogP contribution in [0.5, 0.6) is 0 Å². The molecule has 4 nitrogen and oxygen atoms in total. The number of rotatable bonds is 6. The van der Waals surface area contributed by atoms with Crippen LogP contribution >= 0.6 is 0 Å². The van der Waals surface area contributed by atoms with Crippen molar-refractivity contribution in [2.75, 3.05) is 5.73 Å². The molecule has 0 radical (unpaired) electrons. The van der Waals surface area contributed by atoms with Gasteiger partial charge in [0.15, 0.2) is 0 Å². The van der Waals surface area contributed by atoms with Crippen molar-refractivity contribution < 1.29 is 4.79 Å². The summed E-state index contributed by atoms with van der Waals surface area (Å²) in [5.74, 6) is 0. The SMILES string of the molecule is Nc1cccc(CC2=C(Cc3ccccc3)NC(=O)NC(Cc3ccccc3)=C2)c1. The van der Waals surface area contributed by atoms with Crippen molar-refractivity contribution in [1.29, 1.82) is 0 Å². The Bertz CT molecular complexity index is 1090. The predicted molar refractivity (Wildman–Crippen MR) is 122 cm³/mol. The first kappa shape index (κ1) is 19.5. The smallest absolute Gasteiger partial charge is 0.323 e. The molecular weight excluding hydrogens is 370 g/mol. The third-order valence-corrected chi connectivity index (χ3v) is 5.08. The van der Waals surface area contributed by atoms with E-state index >= 15 is 0 Å². The summed E-state index contributed by atoms with van der Waals surface area (Å²) >= 11 is 0. The molecule has 30 heavy (non-hydrogen) atoms. The summed E-state index contributed by atoms with van der Waals surface area (Å²) in [6, 6.07) is 28.0. The minimum Gasteiger partial charge on any atom is -0.399 e. The number of carbonyl (C=O) groups is 1. The highest BCUT2D eigenvalue weighted by atomic mass is 16.2. The van der Waals surface area contributed by atoms with Gasteiger partial charge >= 0.3 is 6.03 Å². The molecule has 0 aliphatic carbocycles. The number of hydrogen-bond acceptors (Lipinski definition) is 2. The second-order valence-electron chi connectivity index (χ2n) is 7.50. The molecule has 0 spiro atoms. The zero-order chi connectivity index (χ0) is 20.8. The molecule has 4 rings (SSSR count). The van der Waals surface area contributed by atoms with Gasteiger partial charge in [0.05, 0.1) is 0 Å². The van der Waals surface area contributed by atoms with Gasteiger partial charge in [0.25, 0.3) is 0 Å². The van der Waals surface area contributed by atoms with Crippen LogP contribution in [0.3, 0.4) is 0 Å². The molecule has 0 unspecified atom stereocenters. The van der Waals surface area contributed by atoms with Crippen molar-refractivity contribution >= 4 is 11.7 Å². The van der Waals surface area contributed by atoms with Crippen molar-refractivity contribution in [3.05, 3.63) is 125 Å². The lowest BCUT2D eigenvalue weighted by molar-refractivity contribution is 0.245. The van der Waals surface area contributed by atoms with E-state index in [-0.39, 0.29) is 6.03 Å². The summed E-state index contributed by atoms with van der Waals surface area (Å²) in [7, 11) is 0. The Balaban J connectivity index is 1.71. The van der Waals surface area contributed by atoms with Gasteiger partial charge in [0.1, 0.15) is 0 Å². The van der Waals surface area contributed by atoms with Crippen molar-refractivity contribution in [3.8, 4) is 0 Å². The fraction of sp³-hybridized carbons (Fsp3) is 0.115. The fourth-order valence-electron chi connectivity index (χ4n) is 3.68. The van der Waals surface area contributed by atoms with E-state index in [4.69, 9.17) is 5.73 Å². The topological polar surface area (TPSA) is 67.1 Å². The largest absolute Gasteiger partial charge is 0.399 e. The lowest BCUT2D eigenvalue weighted by Gasteiger charge is -2.13. The third kappa shape index (κ3) is 5.17. The molecule has 1 heterocycles. The predicted octanol–water partition coefficient (Wildman–Crippen LogP) is 4.75. The molecule has 0 saturated carbocycles. The summed E-state index contributed by atoms with van der Waals surface area (Å²) in [5, 5.41) is 6.09. The summed E-state index contributed by atoms with van der Waals surface area (Å²) in [6.07, 6.45) is 4.11. The van der Waals surface area contributed by atoms with Crippen LogP contribution in [0.15, 0.2) is 108 Å². The van der Waals surface area contributed by atoms with E-state index in [0.29, 0.717) is 19.3 Å². The van der Waals surface area contributed by atoms with Gasteiger partial charge in [-0.05, 0) is 46.9 Å². The summed E-state index contributed by atoms with van der Waals surface area (Å²) < 4.78 is 0. The molecule has 2 amide bonds. The molecule has 3 aromatic rings. The van der Waals surface area contributed by atoms with Crippen molar-refractivity contribution in [3.63, 3.8) is 0 Å². The number of nitrogens with two attached hydrogens (primary N) is 1. The molecule has 0 fully saturated rings. The van der Waals surface area contributed by atoms with Gasteiger partial charge in [-0.25, -0.2) is 4.79 Å². The number of urea groups is 1. The fourth-order valence-corrected chi connectivity index (χ4v) is 3.68. The molecule has 1 aliphatic rings. The van der Waals surface area contributed by atoms with Crippen molar-refractivity contribution in [1.82, 2.24) is 10.6 Å². The van der Waals surface area contributed by atoms with E-state index in [0.717, 1.165) is 39.3 Å². The molecule has 0 saturated heterocycles. The second-order valence-corrected chi connectivity index (χ2v) is 7.50. The molecule has 3 aromatic carbocycles. The first-order valence-corrected chi connectivity index (χ1v) is 10.1. The quantitative estimate of drug-likeness (QED) is 0.528. The van der Waals surface area contributed by atoms with Crippen LogP contribution in [0.1, 0.15) is 16.7 Å². The maximum atomic E-state index is 12.6. The minimum absolute atomic E-state index is 0.203. The van der Waals surface area contributed by atoms with E-state index in [2.05, 4.69) is 47.0 Å². The van der Waals surface area contributed by atoms with Crippen LogP contribution in [-0.4, -0.2) is 6.03 Å². The lowest BCUT2D eigenvalue weighted by atomic mass is 9.97. The van der Waals surface area contributed by atoms with Crippen molar-refractivity contribution in [2.24, 2.45) is 0 Å². The maximum Gasteiger partial charge on any atom is 0.323 e. The summed E-state index contributed by atoms with van der Waals surface area (Å²) in [5.41, 5.74) is 13.0. The number of benzene rings is 3.